The molecular formula is C14H16ClFN2O2S. The summed E-state index contributed by atoms with van der Waals surface area (Å²) in [7, 11) is 0. The Morgan fingerprint density at radius 1 is 1.38 bits per heavy atom. The van der Waals surface area contributed by atoms with Gasteiger partial charge in [0.05, 0.1) is 0 Å². The third-order valence-electron chi connectivity index (χ3n) is 3.18. The van der Waals surface area contributed by atoms with Gasteiger partial charge >= 0.3 is 6.03 Å². The third kappa shape index (κ3) is 3.68. The van der Waals surface area contributed by atoms with E-state index < -0.39 is 5.54 Å². The first-order valence-corrected chi connectivity index (χ1v) is 8.00. The largest absolute Gasteiger partial charge is 0.325 e. The summed E-state index contributed by atoms with van der Waals surface area (Å²) >= 11 is 7.47. The summed E-state index contributed by atoms with van der Waals surface area (Å²) in [6, 6.07) is 3.92. The van der Waals surface area contributed by atoms with Crippen molar-refractivity contribution in [2.45, 2.75) is 25.1 Å². The van der Waals surface area contributed by atoms with Gasteiger partial charge in [0.15, 0.2) is 0 Å². The zero-order valence-electron chi connectivity index (χ0n) is 11.8. The van der Waals surface area contributed by atoms with E-state index in [1.807, 2.05) is 0 Å². The van der Waals surface area contributed by atoms with E-state index in [2.05, 4.69) is 5.32 Å². The van der Waals surface area contributed by atoms with E-state index >= 15 is 0 Å². The second-order valence-corrected chi connectivity index (χ2v) is 6.81. The molecule has 0 aromatic heterocycles. The van der Waals surface area contributed by atoms with Gasteiger partial charge in [0, 0.05) is 23.1 Å². The number of thioether (sulfide) groups is 1. The Morgan fingerprint density at radius 2 is 2.10 bits per heavy atom. The number of nitrogens with zero attached hydrogens (tertiary/aromatic N) is 1. The summed E-state index contributed by atoms with van der Waals surface area (Å²) in [5, 5.41) is 3.02. The molecule has 2 rings (SSSR count). The molecule has 0 radical (unpaired) electrons. The highest BCUT2D eigenvalue weighted by atomic mass is 35.5. The summed E-state index contributed by atoms with van der Waals surface area (Å²) in [5.74, 6) is 0.623. The monoisotopic (exact) mass is 330 g/mol. The Morgan fingerprint density at radius 3 is 2.67 bits per heavy atom. The molecule has 1 N–H and O–H groups in total. The minimum atomic E-state index is -0.831. The second-order valence-electron chi connectivity index (χ2n) is 5.30. The highest BCUT2D eigenvalue weighted by Crippen LogP contribution is 2.23. The summed E-state index contributed by atoms with van der Waals surface area (Å²) in [5.41, 5.74) is 0.00255. The van der Waals surface area contributed by atoms with E-state index in [-0.39, 0.29) is 17.8 Å². The van der Waals surface area contributed by atoms with Gasteiger partial charge < -0.3 is 5.32 Å². The molecule has 0 spiro atoms. The van der Waals surface area contributed by atoms with Crippen molar-refractivity contribution in [1.29, 1.82) is 0 Å². The van der Waals surface area contributed by atoms with Gasteiger partial charge in [-0.3, -0.25) is 9.69 Å². The van der Waals surface area contributed by atoms with Crippen LogP contribution in [0.15, 0.2) is 18.2 Å². The van der Waals surface area contributed by atoms with E-state index in [4.69, 9.17) is 11.6 Å². The molecule has 1 aliphatic rings. The normalized spacial score (nSPS) is 17.2. The maximum absolute atomic E-state index is 12.9. The first-order valence-electron chi connectivity index (χ1n) is 6.47. The van der Waals surface area contributed by atoms with Gasteiger partial charge in [-0.15, -0.1) is 0 Å². The number of hydrogen-bond acceptors (Lipinski definition) is 3. The van der Waals surface area contributed by atoms with Crippen LogP contribution >= 0.6 is 23.4 Å². The fraction of sp³-hybridized carbons (Fsp3) is 0.429. The molecule has 1 aromatic carbocycles. The Kier molecular flexibility index (Phi) is 4.78. The molecule has 0 saturated carbocycles. The first-order chi connectivity index (χ1) is 9.81. The SMILES string of the molecule is CC1(C)NC(=O)N(CCSCc2ccc(F)cc2Cl)C1=O. The van der Waals surface area contributed by atoms with Crippen molar-refractivity contribution in [1.82, 2.24) is 10.2 Å². The Balaban J connectivity index is 1.83. The number of halogens is 2. The molecule has 3 amide bonds. The fourth-order valence-corrected chi connectivity index (χ4v) is 3.24. The minimum Gasteiger partial charge on any atom is -0.324 e. The lowest BCUT2D eigenvalue weighted by Crippen LogP contribution is -2.40. The van der Waals surface area contributed by atoms with Crippen molar-refractivity contribution in [2.24, 2.45) is 0 Å². The Hall–Kier alpha value is -1.27. The number of rotatable bonds is 5. The highest BCUT2D eigenvalue weighted by Gasteiger charge is 2.43. The van der Waals surface area contributed by atoms with E-state index in [1.165, 1.54) is 28.8 Å². The van der Waals surface area contributed by atoms with Crippen LogP contribution in [-0.4, -0.2) is 34.7 Å². The smallest absolute Gasteiger partial charge is 0.324 e. The maximum Gasteiger partial charge on any atom is 0.325 e. The number of benzene rings is 1. The van der Waals surface area contributed by atoms with Crippen molar-refractivity contribution in [3.8, 4) is 0 Å². The van der Waals surface area contributed by atoms with Crippen molar-refractivity contribution in [3.05, 3.63) is 34.6 Å². The summed E-state index contributed by atoms with van der Waals surface area (Å²) in [6.07, 6.45) is 0. The quantitative estimate of drug-likeness (QED) is 0.667. The topological polar surface area (TPSA) is 49.4 Å². The molecule has 21 heavy (non-hydrogen) atoms. The fourth-order valence-electron chi connectivity index (χ4n) is 2.00. The van der Waals surface area contributed by atoms with Crippen molar-refractivity contribution >= 4 is 35.3 Å². The molecule has 0 bridgehead atoms. The lowest BCUT2D eigenvalue weighted by molar-refractivity contribution is -0.130. The Labute approximate surface area is 132 Å². The van der Waals surface area contributed by atoms with Crippen LogP contribution in [-0.2, 0) is 10.5 Å². The number of imide groups is 1. The van der Waals surface area contributed by atoms with Gasteiger partial charge in [0.25, 0.3) is 5.91 Å². The third-order valence-corrected chi connectivity index (χ3v) is 4.51. The van der Waals surface area contributed by atoms with Crippen LogP contribution in [0.3, 0.4) is 0 Å². The van der Waals surface area contributed by atoms with E-state index in [0.717, 1.165) is 5.56 Å². The molecule has 1 aliphatic heterocycles. The van der Waals surface area contributed by atoms with Crippen molar-refractivity contribution < 1.29 is 14.0 Å². The molecule has 1 aromatic rings. The molecular weight excluding hydrogens is 315 g/mol. The van der Waals surface area contributed by atoms with Crippen molar-refractivity contribution in [2.75, 3.05) is 12.3 Å². The average molecular weight is 331 g/mol. The molecule has 0 atom stereocenters. The number of hydrogen-bond donors (Lipinski definition) is 1. The van der Waals surface area contributed by atoms with E-state index in [9.17, 15) is 14.0 Å². The molecule has 1 heterocycles. The number of carbonyl (C=O) groups is 2. The second kappa shape index (κ2) is 6.23. The van der Waals surface area contributed by atoms with Crippen LogP contribution in [0.25, 0.3) is 0 Å². The van der Waals surface area contributed by atoms with Gasteiger partial charge in [-0.25, -0.2) is 9.18 Å². The molecule has 1 saturated heterocycles. The standard InChI is InChI=1S/C14H16ClFN2O2S/c1-14(2)12(19)18(13(20)17-14)5-6-21-8-9-3-4-10(16)7-11(9)15/h3-4,7H,5-6,8H2,1-2H3,(H,17,20). The lowest BCUT2D eigenvalue weighted by Gasteiger charge is -2.15. The minimum absolute atomic E-state index is 0.215. The van der Waals surface area contributed by atoms with Gasteiger partial charge in [-0.1, -0.05) is 17.7 Å². The van der Waals surface area contributed by atoms with Crippen LogP contribution in [0.5, 0.6) is 0 Å². The lowest BCUT2D eigenvalue weighted by atomic mass is 10.1. The van der Waals surface area contributed by atoms with Gasteiger partial charge in [0.2, 0.25) is 0 Å². The van der Waals surface area contributed by atoms with Gasteiger partial charge in [-0.05, 0) is 31.5 Å². The number of nitrogens with one attached hydrogen (secondary N) is 1. The molecule has 1 fully saturated rings. The van der Waals surface area contributed by atoms with Crippen LogP contribution in [0, 0.1) is 5.82 Å². The van der Waals surface area contributed by atoms with Crippen LogP contribution in [0.4, 0.5) is 9.18 Å². The highest BCUT2D eigenvalue weighted by molar-refractivity contribution is 7.98. The molecule has 114 valence electrons. The Bertz CT molecular complexity index is 580. The van der Waals surface area contributed by atoms with E-state index in [0.29, 0.717) is 23.1 Å². The van der Waals surface area contributed by atoms with Crippen LogP contribution in [0.1, 0.15) is 19.4 Å². The summed E-state index contributed by atoms with van der Waals surface area (Å²) in [6.45, 7) is 3.70. The predicted octanol–water partition coefficient (Wildman–Crippen LogP) is 3.04. The predicted molar refractivity (Wildman–Crippen MR) is 81.9 cm³/mol. The molecule has 7 heteroatoms. The molecule has 4 nitrogen and oxygen atoms in total. The van der Waals surface area contributed by atoms with Crippen LogP contribution in [0.2, 0.25) is 5.02 Å². The molecule has 0 unspecified atom stereocenters. The average Bonchev–Trinajstić information content (AvgIpc) is 2.58. The number of carbonyl (C=O) groups excluding carboxylic acids is 2. The zero-order valence-corrected chi connectivity index (χ0v) is 13.4. The number of urea groups is 1. The van der Waals surface area contributed by atoms with Crippen LogP contribution < -0.4 is 5.32 Å². The summed E-state index contributed by atoms with van der Waals surface area (Å²) < 4.78 is 12.9. The first kappa shape index (κ1) is 16.1. The van der Waals surface area contributed by atoms with E-state index in [1.54, 1.807) is 19.9 Å². The van der Waals surface area contributed by atoms with Gasteiger partial charge in [-0.2, -0.15) is 11.8 Å². The summed E-state index contributed by atoms with van der Waals surface area (Å²) in [4.78, 5) is 24.9. The zero-order chi connectivity index (χ0) is 15.6. The maximum atomic E-state index is 12.9. The van der Waals surface area contributed by atoms with Crippen molar-refractivity contribution in [3.63, 3.8) is 0 Å². The number of amides is 3. The van der Waals surface area contributed by atoms with Gasteiger partial charge in [0.1, 0.15) is 11.4 Å². The molecule has 0 aliphatic carbocycles.